The molecule has 2 bridgehead atoms. The van der Waals surface area contributed by atoms with Gasteiger partial charge in [-0.05, 0) is 17.7 Å². The molecule has 6 heteroatoms. The highest BCUT2D eigenvalue weighted by molar-refractivity contribution is 5.89. The first-order valence-electron chi connectivity index (χ1n) is 8.59. The van der Waals surface area contributed by atoms with Crippen LogP contribution in [-0.4, -0.2) is 48.4 Å². The number of hydrogen-bond acceptors (Lipinski definition) is 6. The second kappa shape index (κ2) is 7.55. The maximum absolute atomic E-state index is 12.4. The summed E-state index contributed by atoms with van der Waals surface area (Å²) in [5, 5.41) is 10.6. The average Bonchev–Trinajstić information content (AvgIpc) is 3.14. The summed E-state index contributed by atoms with van der Waals surface area (Å²) in [7, 11) is 0. The summed E-state index contributed by atoms with van der Waals surface area (Å²) in [6.07, 6.45) is -3.73. The van der Waals surface area contributed by atoms with Gasteiger partial charge in [0, 0.05) is 0 Å². The molecule has 2 aliphatic heterocycles. The second-order valence-electron chi connectivity index (χ2n) is 6.36. The van der Waals surface area contributed by atoms with Crippen LogP contribution in [0.1, 0.15) is 15.9 Å². The number of esters is 1. The lowest BCUT2D eigenvalue weighted by molar-refractivity contribution is -0.242. The number of fused-ring (bicyclic) bond motifs is 2. The zero-order valence-electron chi connectivity index (χ0n) is 14.1. The summed E-state index contributed by atoms with van der Waals surface area (Å²) >= 11 is 0. The number of carbonyl (C=O) groups is 1. The van der Waals surface area contributed by atoms with Gasteiger partial charge in [0.15, 0.2) is 12.4 Å². The summed E-state index contributed by atoms with van der Waals surface area (Å²) in [5.74, 6) is -0.506. The minimum absolute atomic E-state index is 0.246. The number of ether oxygens (including phenoxy) is 4. The van der Waals surface area contributed by atoms with Crippen molar-refractivity contribution in [3.8, 4) is 0 Å². The molecule has 2 heterocycles. The zero-order chi connectivity index (χ0) is 17.9. The van der Waals surface area contributed by atoms with Crippen LogP contribution >= 0.6 is 0 Å². The van der Waals surface area contributed by atoms with Crippen LogP contribution < -0.4 is 0 Å². The van der Waals surface area contributed by atoms with Crippen molar-refractivity contribution in [2.75, 3.05) is 6.61 Å². The molecule has 6 nitrogen and oxygen atoms in total. The van der Waals surface area contributed by atoms with E-state index >= 15 is 0 Å². The van der Waals surface area contributed by atoms with Gasteiger partial charge in [-0.15, -0.1) is 0 Å². The molecule has 1 N–H and O–H groups in total. The van der Waals surface area contributed by atoms with Gasteiger partial charge in [-0.2, -0.15) is 0 Å². The van der Waals surface area contributed by atoms with Crippen molar-refractivity contribution in [1.82, 2.24) is 0 Å². The monoisotopic (exact) mass is 356 g/mol. The number of aliphatic hydroxyl groups excluding tert-OH is 1. The minimum Gasteiger partial charge on any atom is -0.450 e. The normalized spacial score (nSPS) is 30.1. The molecule has 2 aliphatic rings. The van der Waals surface area contributed by atoms with Gasteiger partial charge in [0.05, 0.1) is 18.8 Å². The maximum Gasteiger partial charge on any atom is 0.338 e. The van der Waals surface area contributed by atoms with Crippen molar-refractivity contribution < 1.29 is 28.8 Å². The predicted octanol–water partition coefficient (Wildman–Crippen LogP) is 1.91. The number of carbonyl (C=O) groups excluding carboxylic acids is 1. The first-order valence-corrected chi connectivity index (χ1v) is 8.59. The third kappa shape index (κ3) is 3.50. The van der Waals surface area contributed by atoms with Gasteiger partial charge in [-0.1, -0.05) is 48.5 Å². The van der Waals surface area contributed by atoms with Crippen LogP contribution in [0, 0.1) is 0 Å². The van der Waals surface area contributed by atoms with E-state index < -0.39 is 36.7 Å². The molecule has 26 heavy (non-hydrogen) atoms. The van der Waals surface area contributed by atoms with Crippen LogP contribution in [0.15, 0.2) is 60.7 Å². The van der Waals surface area contributed by atoms with Crippen LogP contribution in [0.4, 0.5) is 0 Å². The van der Waals surface area contributed by atoms with Crippen LogP contribution in [0.3, 0.4) is 0 Å². The van der Waals surface area contributed by atoms with E-state index in [1.807, 2.05) is 36.4 Å². The van der Waals surface area contributed by atoms with Gasteiger partial charge in [0.2, 0.25) is 0 Å². The highest BCUT2D eigenvalue weighted by Gasteiger charge is 2.52. The van der Waals surface area contributed by atoms with Crippen LogP contribution in [-0.2, 0) is 25.6 Å². The Morgan fingerprint density at radius 1 is 1.04 bits per heavy atom. The Labute approximate surface area is 151 Å². The van der Waals surface area contributed by atoms with Crippen molar-refractivity contribution in [1.29, 1.82) is 0 Å². The molecule has 0 amide bonds. The minimum atomic E-state index is -0.939. The molecule has 0 aliphatic carbocycles. The number of benzene rings is 2. The highest BCUT2D eigenvalue weighted by atomic mass is 16.8. The Bertz CT molecular complexity index is 734. The fourth-order valence-electron chi connectivity index (χ4n) is 3.20. The number of rotatable bonds is 5. The Morgan fingerprint density at radius 2 is 1.73 bits per heavy atom. The SMILES string of the molecule is O=C(O[C@H]1C2OCC(O2)C(O)[C@@H]1OCc1ccccc1)c1ccccc1. The average molecular weight is 356 g/mol. The van der Waals surface area contributed by atoms with Crippen molar-refractivity contribution >= 4 is 5.97 Å². The summed E-state index contributed by atoms with van der Waals surface area (Å²) in [6.45, 7) is 0.539. The van der Waals surface area contributed by atoms with Crippen molar-refractivity contribution in [3.05, 3.63) is 71.8 Å². The highest BCUT2D eigenvalue weighted by Crippen LogP contribution is 2.32. The predicted molar refractivity (Wildman–Crippen MR) is 91.3 cm³/mol. The molecule has 3 unspecified atom stereocenters. The summed E-state index contributed by atoms with van der Waals surface area (Å²) in [5.41, 5.74) is 1.39. The second-order valence-corrected chi connectivity index (χ2v) is 6.36. The van der Waals surface area contributed by atoms with E-state index in [9.17, 15) is 9.90 Å². The van der Waals surface area contributed by atoms with E-state index in [2.05, 4.69) is 0 Å². The molecule has 0 spiro atoms. The molecule has 5 atom stereocenters. The largest absolute Gasteiger partial charge is 0.450 e. The van der Waals surface area contributed by atoms with E-state index in [4.69, 9.17) is 18.9 Å². The molecule has 2 aromatic rings. The van der Waals surface area contributed by atoms with Gasteiger partial charge < -0.3 is 24.1 Å². The summed E-state index contributed by atoms with van der Waals surface area (Å²) < 4.78 is 22.7. The summed E-state index contributed by atoms with van der Waals surface area (Å²) in [4.78, 5) is 12.4. The lowest BCUT2D eigenvalue weighted by Gasteiger charge is -2.37. The first-order chi connectivity index (χ1) is 12.7. The molecule has 2 fully saturated rings. The summed E-state index contributed by atoms with van der Waals surface area (Å²) in [6, 6.07) is 18.3. The number of aliphatic hydroxyl groups is 1. The standard InChI is InChI=1S/C20H20O6/c21-16-15-12-24-20(25-15)18(26-19(22)14-9-5-2-6-10-14)17(16)23-11-13-7-3-1-4-8-13/h1-10,15-18,20-21H,11-12H2/t15?,16?,17-,18+,20?/m0/s1. The van der Waals surface area contributed by atoms with Crippen LogP contribution in [0.5, 0.6) is 0 Å². The lowest BCUT2D eigenvalue weighted by atomic mass is 10.0. The topological polar surface area (TPSA) is 74.2 Å². The Balaban J connectivity index is 1.50. The van der Waals surface area contributed by atoms with Gasteiger partial charge in [0.1, 0.15) is 18.3 Å². The zero-order valence-corrected chi connectivity index (χ0v) is 14.1. The van der Waals surface area contributed by atoms with Gasteiger partial charge in [0.25, 0.3) is 0 Å². The van der Waals surface area contributed by atoms with Gasteiger partial charge in [-0.25, -0.2) is 4.79 Å². The molecule has 0 aromatic heterocycles. The fourth-order valence-corrected chi connectivity index (χ4v) is 3.20. The van der Waals surface area contributed by atoms with Crippen molar-refractivity contribution in [2.45, 2.75) is 37.3 Å². The van der Waals surface area contributed by atoms with Crippen LogP contribution in [0.25, 0.3) is 0 Å². The first kappa shape index (κ1) is 17.2. The lowest BCUT2D eigenvalue weighted by Crippen LogP contribution is -2.56. The molecule has 2 aromatic carbocycles. The number of hydrogen-bond donors (Lipinski definition) is 1. The molecular formula is C20H20O6. The van der Waals surface area contributed by atoms with Gasteiger partial charge in [-0.3, -0.25) is 0 Å². The van der Waals surface area contributed by atoms with E-state index in [1.54, 1.807) is 24.3 Å². The van der Waals surface area contributed by atoms with Crippen molar-refractivity contribution in [3.63, 3.8) is 0 Å². The molecule has 2 saturated heterocycles. The van der Waals surface area contributed by atoms with Crippen LogP contribution in [0.2, 0.25) is 0 Å². The smallest absolute Gasteiger partial charge is 0.338 e. The van der Waals surface area contributed by atoms with E-state index in [0.29, 0.717) is 12.2 Å². The van der Waals surface area contributed by atoms with E-state index in [1.165, 1.54) is 0 Å². The molecule has 136 valence electrons. The molecule has 0 radical (unpaired) electrons. The third-order valence-electron chi connectivity index (χ3n) is 4.58. The van der Waals surface area contributed by atoms with E-state index in [0.717, 1.165) is 5.56 Å². The van der Waals surface area contributed by atoms with Gasteiger partial charge >= 0.3 is 5.97 Å². The Hall–Kier alpha value is -2.25. The Morgan fingerprint density at radius 3 is 2.46 bits per heavy atom. The quantitative estimate of drug-likeness (QED) is 0.825. The molecule has 4 rings (SSSR count). The maximum atomic E-state index is 12.4. The third-order valence-corrected chi connectivity index (χ3v) is 4.58. The molecular weight excluding hydrogens is 336 g/mol. The van der Waals surface area contributed by atoms with Crippen molar-refractivity contribution in [2.24, 2.45) is 0 Å². The molecule has 0 saturated carbocycles. The Kier molecular flexibility index (Phi) is 4.99. The van der Waals surface area contributed by atoms with E-state index in [-0.39, 0.29) is 6.61 Å². The fraction of sp³-hybridized carbons (Fsp3) is 0.350.